The van der Waals surface area contributed by atoms with Gasteiger partial charge in [-0.2, -0.15) is 0 Å². The number of nitrogens with zero attached hydrogens (tertiary/aromatic N) is 2. The van der Waals surface area contributed by atoms with Crippen LogP contribution >= 0.6 is 0 Å². The summed E-state index contributed by atoms with van der Waals surface area (Å²) in [7, 11) is 0. The summed E-state index contributed by atoms with van der Waals surface area (Å²) in [5, 5.41) is 18.0. The average molecular weight is 881 g/mol. The van der Waals surface area contributed by atoms with Gasteiger partial charge in [-0.05, 0) is 48.1 Å². The number of aliphatic imine (C=N–C) groups is 1. The molecule has 7 amide bonds. The monoisotopic (exact) mass is 880 g/mol. The van der Waals surface area contributed by atoms with Crippen molar-refractivity contribution < 1.29 is 33.6 Å². The molecule has 0 aliphatic heterocycles. The fourth-order valence-corrected chi connectivity index (χ4v) is 6.99. The number of nitrogens with two attached hydrogens (primary N) is 3. The number of carbonyl (C=O) groups is 7. The highest BCUT2D eigenvalue weighted by atomic mass is 16.2. The van der Waals surface area contributed by atoms with Gasteiger partial charge in [0.2, 0.25) is 41.4 Å². The van der Waals surface area contributed by atoms with Gasteiger partial charge in [-0.25, -0.2) is 4.98 Å². The van der Waals surface area contributed by atoms with Gasteiger partial charge in [0, 0.05) is 44.6 Å². The number of fused-ring (bicyclic) bond motifs is 1. The Labute approximate surface area is 371 Å². The number of benzene rings is 3. The molecule has 64 heavy (non-hydrogen) atoms. The number of amides is 7. The number of primary amides is 1. The Bertz CT molecular complexity index is 2230. The molecule has 1 heterocycles. The van der Waals surface area contributed by atoms with Crippen LogP contribution in [0.2, 0.25) is 0 Å². The predicted molar refractivity (Wildman–Crippen MR) is 242 cm³/mol. The van der Waals surface area contributed by atoms with Gasteiger partial charge in [0.1, 0.15) is 36.3 Å². The highest BCUT2D eigenvalue weighted by molar-refractivity contribution is 5.97. The Morgan fingerprint density at radius 1 is 0.641 bits per heavy atom. The standard InChI is InChI=1S/C45H60N12O7/c1-4-5-19-34(53-28(3)58)41(61)52-27(2)40(60)56-38(24-32-25-49-26-51-32)44(64)57-37(22-29-13-7-6-8-14-29)43(63)54-35(20-12-21-50-45(47)48)42(62)55-36(39(46)59)23-31-17-11-16-30-15-9-10-18-33(30)31/h6-11,13-18,25-27,34-38H,4-5,12,19-24H2,1-3H3,(H2,46,59)(H,49,51)(H,52,61)(H,53,58)(H,54,63)(H,55,62)(H,56,60)(H,57,64)(H4,47,48,50)/t27-,34-,35-,36-,37+,38-/m0/s1. The van der Waals surface area contributed by atoms with E-state index in [-0.39, 0.29) is 44.6 Å². The SMILES string of the molecule is CCCC[C@H](NC(C)=O)C(=O)N[C@@H](C)C(=O)N[C@@H](Cc1cnc[nH]1)C(=O)N[C@H](Cc1ccccc1)C(=O)N[C@@H](CCCN=C(N)N)C(=O)N[C@@H](Cc1cccc2ccccc12)C(N)=O. The zero-order valence-corrected chi connectivity index (χ0v) is 36.4. The van der Waals surface area contributed by atoms with E-state index in [1.165, 1.54) is 26.4 Å². The topological polar surface area (TPSA) is 311 Å². The number of nitrogens with one attached hydrogen (secondary N) is 7. The summed E-state index contributed by atoms with van der Waals surface area (Å²) in [5.74, 6) is -4.82. The number of rotatable bonds is 25. The first-order valence-electron chi connectivity index (χ1n) is 21.3. The number of hydrogen-bond donors (Lipinski definition) is 10. The highest BCUT2D eigenvalue weighted by Crippen LogP contribution is 2.20. The molecule has 0 saturated heterocycles. The van der Waals surface area contributed by atoms with Crippen LogP contribution in [0.4, 0.5) is 0 Å². The minimum Gasteiger partial charge on any atom is -0.370 e. The van der Waals surface area contributed by atoms with Crippen LogP contribution in [-0.4, -0.2) is 100 Å². The molecule has 4 rings (SSSR count). The van der Waals surface area contributed by atoms with Crippen molar-refractivity contribution in [3.8, 4) is 0 Å². The van der Waals surface area contributed by atoms with Crippen LogP contribution in [0.15, 0.2) is 90.3 Å². The molecule has 4 aromatic rings. The lowest BCUT2D eigenvalue weighted by Crippen LogP contribution is -2.60. The van der Waals surface area contributed by atoms with E-state index in [2.05, 4.69) is 46.9 Å². The second kappa shape index (κ2) is 25.0. The first-order chi connectivity index (χ1) is 30.6. The third-order valence-corrected chi connectivity index (χ3v) is 10.4. The molecule has 0 fully saturated rings. The number of carbonyl (C=O) groups excluding carboxylic acids is 7. The molecule has 19 nitrogen and oxygen atoms in total. The van der Waals surface area contributed by atoms with Crippen molar-refractivity contribution in [1.82, 2.24) is 41.9 Å². The van der Waals surface area contributed by atoms with E-state index in [4.69, 9.17) is 17.2 Å². The molecule has 1 aromatic heterocycles. The molecule has 0 aliphatic rings. The first kappa shape index (κ1) is 49.3. The number of aromatic amines is 1. The summed E-state index contributed by atoms with van der Waals surface area (Å²) in [6.45, 7) is 4.81. The summed E-state index contributed by atoms with van der Waals surface area (Å²) in [5.41, 5.74) is 18.8. The van der Waals surface area contributed by atoms with Gasteiger partial charge >= 0.3 is 0 Å². The summed E-state index contributed by atoms with van der Waals surface area (Å²) in [6, 6.07) is 15.1. The molecule has 0 radical (unpaired) electrons. The predicted octanol–water partition coefficient (Wildman–Crippen LogP) is 0.269. The Kier molecular flexibility index (Phi) is 19.2. The Balaban J connectivity index is 1.58. The normalized spacial score (nSPS) is 13.7. The number of imidazole rings is 1. The lowest BCUT2D eigenvalue weighted by atomic mass is 9.98. The Morgan fingerprint density at radius 3 is 1.88 bits per heavy atom. The van der Waals surface area contributed by atoms with E-state index in [9.17, 15) is 33.6 Å². The fraction of sp³-hybridized carbons (Fsp3) is 0.400. The van der Waals surface area contributed by atoms with Crippen molar-refractivity contribution in [2.45, 2.75) is 108 Å². The average Bonchev–Trinajstić information content (AvgIpc) is 3.78. The quantitative estimate of drug-likeness (QED) is 0.0246. The third-order valence-electron chi connectivity index (χ3n) is 10.4. The summed E-state index contributed by atoms with van der Waals surface area (Å²) in [4.78, 5) is 105. The fourth-order valence-electron chi connectivity index (χ4n) is 6.99. The zero-order chi connectivity index (χ0) is 46.6. The second-order valence-electron chi connectivity index (χ2n) is 15.5. The molecule has 0 aliphatic carbocycles. The number of H-pyrrole nitrogens is 1. The number of guanidine groups is 1. The van der Waals surface area contributed by atoms with Crippen LogP contribution in [0.1, 0.15) is 69.7 Å². The van der Waals surface area contributed by atoms with Crippen LogP contribution < -0.4 is 49.1 Å². The van der Waals surface area contributed by atoms with Gasteiger partial charge in [-0.3, -0.25) is 38.6 Å². The molecule has 3 aromatic carbocycles. The molecule has 0 bridgehead atoms. The number of aromatic nitrogens is 2. The van der Waals surface area contributed by atoms with Crippen molar-refractivity contribution >= 4 is 58.1 Å². The lowest BCUT2D eigenvalue weighted by Gasteiger charge is -2.27. The number of unbranched alkanes of at least 4 members (excludes halogenated alkanes) is 1. The molecule has 19 heteroatoms. The molecular weight excluding hydrogens is 821 g/mol. The van der Waals surface area contributed by atoms with Gasteiger partial charge in [-0.15, -0.1) is 0 Å². The maximum Gasteiger partial charge on any atom is 0.243 e. The smallest absolute Gasteiger partial charge is 0.243 e. The van der Waals surface area contributed by atoms with Gasteiger partial charge in [-0.1, -0.05) is 92.6 Å². The molecule has 0 unspecified atom stereocenters. The summed E-state index contributed by atoms with van der Waals surface area (Å²) in [6.07, 6.45) is 4.93. The van der Waals surface area contributed by atoms with E-state index >= 15 is 0 Å². The van der Waals surface area contributed by atoms with Crippen LogP contribution in [0, 0.1) is 0 Å². The van der Waals surface area contributed by atoms with Crippen LogP contribution in [0.3, 0.4) is 0 Å². The highest BCUT2D eigenvalue weighted by Gasteiger charge is 2.33. The van der Waals surface area contributed by atoms with Crippen molar-refractivity contribution in [3.05, 3.63) is 102 Å². The molecule has 6 atom stereocenters. The van der Waals surface area contributed by atoms with Crippen molar-refractivity contribution in [2.75, 3.05) is 6.54 Å². The zero-order valence-electron chi connectivity index (χ0n) is 36.4. The van der Waals surface area contributed by atoms with E-state index in [1.54, 1.807) is 30.3 Å². The van der Waals surface area contributed by atoms with Crippen molar-refractivity contribution in [3.63, 3.8) is 0 Å². The third kappa shape index (κ3) is 15.9. The van der Waals surface area contributed by atoms with Crippen molar-refractivity contribution in [2.24, 2.45) is 22.2 Å². The Hall–Kier alpha value is -7.31. The lowest BCUT2D eigenvalue weighted by molar-refractivity contribution is -0.135. The van der Waals surface area contributed by atoms with E-state index in [1.807, 2.05) is 49.4 Å². The van der Waals surface area contributed by atoms with E-state index in [0.29, 0.717) is 24.1 Å². The summed E-state index contributed by atoms with van der Waals surface area (Å²) >= 11 is 0. The largest absolute Gasteiger partial charge is 0.370 e. The number of hydrogen-bond acceptors (Lipinski definition) is 9. The van der Waals surface area contributed by atoms with Crippen LogP contribution in [-0.2, 0) is 52.8 Å². The van der Waals surface area contributed by atoms with Gasteiger partial charge < -0.3 is 54.1 Å². The second-order valence-corrected chi connectivity index (χ2v) is 15.5. The Morgan fingerprint density at radius 2 is 1.22 bits per heavy atom. The van der Waals surface area contributed by atoms with Gasteiger partial charge in [0.25, 0.3) is 0 Å². The summed E-state index contributed by atoms with van der Waals surface area (Å²) < 4.78 is 0. The molecule has 13 N–H and O–H groups in total. The van der Waals surface area contributed by atoms with Gasteiger partial charge in [0.05, 0.1) is 6.33 Å². The molecule has 0 saturated carbocycles. The van der Waals surface area contributed by atoms with E-state index in [0.717, 1.165) is 22.8 Å². The minimum absolute atomic E-state index is 0.0226. The minimum atomic E-state index is -1.29. The maximum atomic E-state index is 14.4. The van der Waals surface area contributed by atoms with Crippen LogP contribution in [0.25, 0.3) is 10.8 Å². The van der Waals surface area contributed by atoms with E-state index < -0.39 is 77.6 Å². The maximum absolute atomic E-state index is 14.4. The van der Waals surface area contributed by atoms with Gasteiger partial charge in [0.15, 0.2) is 5.96 Å². The van der Waals surface area contributed by atoms with Crippen LogP contribution in [0.5, 0.6) is 0 Å². The molecular formula is C45H60N12O7. The van der Waals surface area contributed by atoms with Crippen molar-refractivity contribution in [1.29, 1.82) is 0 Å². The first-order valence-corrected chi connectivity index (χ1v) is 21.3. The molecule has 0 spiro atoms. The molecule has 342 valence electrons.